The summed E-state index contributed by atoms with van der Waals surface area (Å²) < 4.78 is 5.02. The van der Waals surface area contributed by atoms with E-state index in [2.05, 4.69) is 10.6 Å². The lowest BCUT2D eigenvalue weighted by atomic mass is 10.2. The highest BCUT2D eigenvalue weighted by molar-refractivity contribution is 5.92. The van der Waals surface area contributed by atoms with Crippen molar-refractivity contribution in [2.75, 3.05) is 32.2 Å². The number of aliphatic hydroxyl groups is 1. The third-order valence-corrected chi connectivity index (χ3v) is 2.82. The summed E-state index contributed by atoms with van der Waals surface area (Å²) in [4.78, 5) is 11.8. The number of rotatable bonds is 8. The van der Waals surface area contributed by atoms with Gasteiger partial charge in [0.05, 0.1) is 13.2 Å². The summed E-state index contributed by atoms with van der Waals surface area (Å²) in [5, 5.41) is 14.8. The number of para-hydroxylation sites is 1. The highest BCUT2D eigenvalue weighted by Crippen LogP contribution is 2.12. The third-order valence-electron chi connectivity index (χ3n) is 2.82. The summed E-state index contributed by atoms with van der Waals surface area (Å²) in [6.45, 7) is 2.68. The molecule has 106 valence electrons. The summed E-state index contributed by atoms with van der Waals surface area (Å²) in [7, 11) is 1.60. The Morgan fingerprint density at radius 3 is 2.79 bits per heavy atom. The molecule has 0 heterocycles. The lowest BCUT2D eigenvalue weighted by Gasteiger charge is -2.16. The molecular formula is C14H22N2O3. The van der Waals surface area contributed by atoms with E-state index in [-0.39, 0.29) is 25.1 Å². The number of amides is 1. The van der Waals surface area contributed by atoms with Gasteiger partial charge in [0.25, 0.3) is 0 Å². The van der Waals surface area contributed by atoms with Gasteiger partial charge in [0.2, 0.25) is 5.91 Å². The van der Waals surface area contributed by atoms with E-state index in [9.17, 15) is 4.79 Å². The number of methoxy groups -OCH3 is 1. The van der Waals surface area contributed by atoms with Crippen LogP contribution in [0.4, 0.5) is 5.69 Å². The predicted octanol–water partition coefficient (Wildman–Crippen LogP) is 0.921. The van der Waals surface area contributed by atoms with Gasteiger partial charge in [-0.1, -0.05) is 18.2 Å². The van der Waals surface area contributed by atoms with Gasteiger partial charge in [-0.3, -0.25) is 4.79 Å². The minimum atomic E-state index is -0.103. The second-order valence-corrected chi connectivity index (χ2v) is 4.41. The molecule has 0 aromatic heterocycles. The molecule has 5 nitrogen and oxygen atoms in total. The van der Waals surface area contributed by atoms with Crippen molar-refractivity contribution >= 4 is 11.6 Å². The monoisotopic (exact) mass is 266 g/mol. The summed E-state index contributed by atoms with van der Waals surface area (Å²) in [6, 6.07) is 7.61. The first-order valence-electron chi connectivity index (χ1n) is 6.36. The minimum absolute atomic E-state index is 0.0161. The maximum atomic E-state index is 11.8. The molecule has 0 aliphatic carbocycles. The number of anilines is 1. The van der Waals surface area contributed by atoms with Crippen LogP contribution in [0.2, 0.25) is 0 Å². The van der Waals surface area contributed by atoms with Crippen molar-refractivity contribution in [2.24, 2.45) is 0 Å². The van der Waals surface area contributed by atoms with Crippen LogP contribution in [0.25, 0.3) is 0 Å². The fraction of sp³-hybridized carbons (Fsp3) is 0.500. The first-order chi connectivity index (χ1) is 9.17. The van der Waals surface area contributed by atoms with Crippen molar-refractivity contribution in [3.8, 4) is 0 Å². The molecule has 0 bridgehead atoms. The van der Waals surface area contributed by atoms with Gasteiger partial charge in [0.1, 0.15) is 0 Å². The van der Waals surface area contributed by atoms with E-state index in [1.54, 1.807) is 7.11 Å². The molecule has 1 rings (SSSR count). The molecule has 1 unspecified atom stereocenters. The van der Waals surface area contributed by atoms with E-state index >= 15 is 0 Å². The predicted molar refractivity (Wildman–Crippen MR) is 75.2 cm³/mol. The molecule has 0 saturated carbocycles. The largest absolute Gasteiger partial charge is 0.396 e. The van der Waals surface area contributed by atoms with Gasteiger partial charge in [0.15, 0.2) is 0 Å². The Hall–Kier alpha value is -1.43. The summed E-state index contributed by atoms with van der Waals surface area (Å²) in [5.41, 5.74) is 1.85. The average Bonchev–Trinajstić information content (AvgIpc) is 2.39. The molecule has 0 saturated heterocycles. The lowest BCUT2D eigenvalue weighted by Crippen LogP contribution is -2.39. The maximum absolute atomic E-state index is 11.8. The Kier molecular flexibility index (Phi) is 7.10. The number of benzene rings is 1. The van der Waals surface area contributed by atoms with E-state index in [1.807, 2.05) is 31.2 Å². The van der Waals surface area contributed by atoms with Crippen LogP contribution in [0.1, 0.15) is 12.0 Å². The summed E-state index contributed by atoms with van der Waals surface area (Å²) >= 11 is 0. The molecule has 1 atom stereocenters. The van der Waals surface area contributed by atoms with Crippen LogP contribution in [0.3, 0.4) is 0 Å². The maximum Gasteiger partial charge on any atom is 0.238 e. The fourth-order valence-electron chi connectivity index (χ4n) is 1.75. The van der Waals surface area contributed by atoms with Gasteiger partial charge < -0.3 is 20.5 Å². The van der Waals surface area contributed by atoms with Crippen LogP contribution in [0.5, 0.6) is 0 Å². The molecule has 1 amide bonds. The van der Waals surface area contributed by atoms with Crippen LogP contribution in [0.15, 0.2) is 24.3 Å². The van der Waals surface area contributed by atoms with E-state index in [0.717, 1.165) is 11.3 Å². The normalized spacial score (nSPS) is 12.2. The first-order valence-corrected chi connectivity index (χ1v) is 6.36. The molecule has 0 spiro atoms. The Morgan fingerprint density at radius 2 is 2.16 bits per heavy atom. The molecule has 1 aromatic rings. The van der Waals surface area contributed by atoms with E-state index in [1.165, 1.54) is 0 Å². The Labute approximate surface area is 114 Å². The molecule has 3 N–H and O–H groups in total. The minimum Gasteiger partial charge on any atom is -0.396 e. The highest BCUT2D eigenvalue weighted by atomic mass is 16.5. The smallest absolute Gasteiger partial charge is 0.238 e. The number of ether oxygens (including phenoxy) is 1. The number of carbonyl (C=O) groups excluding carboxylic acids is 1. The summed E-state index contributed by atoms with van der Waals surface area (Å²) in [5.74, 6) is -0.103. The third kappa shape index (κ3) is 5.83. The number of nitrogens with one attached hydrogen (secondary N) is 2. The topological polar surface area (TPSA) is 70.6 Å². The quantitative estimate of drug-likeness (QED) is 0.654. The Bertz CT molecular complexity index is 390. The van der Waals surface area contributed by atoms with Crippen molar-refractivity contribution in [2.45, 2.75) is 19.4 Å². The highest BCUT2D eigenvalue weighted by Gasteiger charge is 2.10. The number of carbonyl (C=O) groups is 1. The zero-order valence-corrected chi connectivity index (χ0v) is 11.5. The van der Waals surface area contributed by atoms with Crippen LogP contribution in [-0.2, 0) is 9.53 Å². The molecule has 0 radical (unpaired) electrons. The SMILES string of the molecule is COCC(CCO)NCC(=O)Nc1ccccc1C. The van der Waals surface area contributed by atoms with Crippen molar-refractivity contribution in [3.05, 3.63) is 29.8 Å². The first kappa shape index (κ1) is 15.6. The van der Waals surface area contributed by atoms with E-state index in [0.29, 0.717) is 13.0 Å². The number of aryl methyl sites for hydroxylation is 1. The van der Waals surface area contributed by atoms with Crippen molar-refractivity contribution in [3.63, 3.8) is 0 Å². The van der Waals surface area contributed by atoms with Gasteiger partial charge in [0, 0.05) is 25.4 Å². The zero-order valence-electron chi connectivity index (χ0n) is 11.5. The van der Waals surface area contributed by atoms with Crippen molar-refractivity contribution in [1.29, 1.82) is 0 Å². The lowest BCUT2D eigenvalue weighted by molar-refractivity contribution is -0.115. The molecule has 0 aliphatic heterocycles. The second-order valence-electron chi connectivity index (χ2n) is 4.41. The molecule has 1 aromatic carbocycles. The van der Waals surface area contributed by atoms with Gasteiger partial charge >= 0.3 is 0 Å². The standard InChI is InChI=1S/C14H22N2O3/c1-11-5-3-4-6-13(11)16-14(18)9-15-12(7-8-17)10-19-2/h3-6,12,15,17H,7-10H2,1-2H3,(H,16,18). The summed E-state index contributed by atoms with van der Waals surface area (Å²) in [6.07, 6.45) is 0.561. The van der Waals surface area contributed by atoms with Crippen LogP contribution < -0.4 is 10.6 Å². The Morgan fingerprint density at radius 1 is 1.42 bits per heavy atom. The average molecular weight is 266 g/mol. The van der Waals surface area contributed by atoms with Gasteiger partial charge in [-0.15, -0.1) is 0 Å². The van der Waals surface area contributed by atoms with Gasteiger partial charge in [-0.25, -0.2) is 0 Å². The van der Waals surface area contributed by atoms with E-state index in [4.69, 9.17) is 9.84 Å². The second kappa shape index (κ2) is 8.63. The molecule has 0 fully saturated rings. The van der Waals surface area contributed by atoms with E-state index < -0.39 is 0 Å². The molecular weight excluding hydrogens is 244 g/mol. The number of hydrogen-bond acceptors (Lipinski definition) is 4. The number of aliphatic hydroxyl groups excluding tert-OH is 1. The van der Waals surface area contributed by atoms with Crippen LogP contribution in [-0.4, -0.2) is 43.9 Å². The molecule has 5 heteroatoms. The fourth-order valence-corrected chi connectivity index (χ4v) is 1.75. The zero-order chi connectivity index (χ0) is 14.1. The number of hydrogen-bond donors (Lipinski definition) is 3. The van der Waals surface area contributed by atoms with Crippen molar-refractivity contribution < 1.29 is 14.6 Å². The van der Waals surface area contributed by atoms with Gasteiger partial charge in [-0.05, 0) is 25.0 Å². The molecule has 19 heavy (non-hydrogen) atoms. The molecule has 0 aliphatic rings. The van der Waals surface area contributed by atoms with Crippen LogP contribution >= 0.6 is 0 Å². The van der Waals surface area contributed by atoms with Gasteiger partial charge in [-0.2, -0.15) is 0 Å². The van der Waals surface area contributed by atoms with Crippen LogP contribution in [0, 0.1) is 6.92 Å². The Balaban J connectivity index is 2.40. The van der Waals surface area contributed by atoms with Crippen molar-refractivity contribution in [1.82, 2.24) is 5.32 Å².